The van der Waals surface area contributed by atoms with Crippen molar-refractivity contribution in [2.24, 2.45) is 5.41 Å². The third kappa shape index (κ3) is 4.80. The summed E-state index contributed by atoms with van der Waals surface area (Å²) in [6.07, 6.45) is 14.4. The molecule has 0 heterocycles. The van der Waals surface area contributed by atoms with Gasteiger partial charge in [0.1, 0.15) is 0 Å². The van der Waals surface area contributed by atoms with Crippen LogP contribution in [-0.4, -0.2) is 12.2 Å². The number of ether oxygens (including phenoxy) is 1. The second kappa shape index (κ2) is 8.11. The van der Waals surface area contributed by atoms with Gasteiger partial charge in [0.2, 0.25) is 0 Å². The zero-order valence-corrected chi connectivity index (χ0v) is 14.2. The number of allylic oxidation sites excluding steroid dienone is 8. The molecule has 0 aromatic carbocycles. The van der Waals surface area contributed by atoms with Crippen molar-refractivity contribution in [2.45, 2.75) is 59.8 Å². The lowest BCUT2D eigenvalue weighted by Gasteiger charge is -2.39. The van der Waals surface area contributed by atoms with Crippen LogP contribution >= 0.6 is 0 Å². The van der Waals surface area contributed by atoms with Crippen molar-refractivity contribution in [2.75, 3.05) is 7.11 Å². The quantitative estimate of drug-likeness (QED) is 0.509. The van der Waals surface area contributed by atoms with Gasteiger partial charge >= 0.3 is 0 Å². The van der Waals surface area contributed by atoms with Crippen molar-refractivity contribution in [1.82, 2.24) is 0 Å². The van der Waals surface area contributed by atoms with Crippen molar-refractivity contribution in [3.63, 3.8) is 0 Å². The van der Waals surface area contributed by atoms with E-state index in [1.807, 2.05) is 13.0 Å². The molecule has 1 aliphatic carbocycles. The Morgan fingerprint density at radius 1 is 0.857 bits per heavy atom. The first-order valence-corrected chi connectivity index (χ1v) is 7.86. The van der Waals surface area contributed by atoms with Gasteiger partial charge < -0.3 is 9.84 Å². The maximum atomic E-state index is 9.41. The van der Waals surface area contributed by atoms with E-state index in [1.54, 1.807) is 20.1 Å². The topological polar surface area (TPSA) is 29.5 Å². The van der Waals surface area contributed by atoms with Gasteiger partial charge in [0.15, 0.2) is 0 Å². The molecule has 2 heteroatoms. The fourth-order valence-corrected chi connectivity index (χ4v) is 3.13. The highest BCUT2D eigenvalue weighted by molar-refractivity contribution is 5.33. The molecule has 21 heavy (non-hydrogen) atoms. The van der Waals surface area contributed by atoms with E-state index in [0.717, 1.165) is 5.76 Å². The summed E-state index contributed by atoms with van der Waals surface area (Å²) in [5.74, 6) is 1.28. The SMILES string of the molecule is CO/C(C)=C/C=C(\C)C1(/C(C)=C/C=C(\C)O)CCCCC1. The largest absolute Gasteiger partial charge is 0.513 e. The molecule has 1 N–H and O–H groups in total. The first-order chi connectivity index (χ1) is 9.92. The molecule has 0 unspecified atom stereocenters. The molecule has 0 aromatic rings. The minimum atomic E-state index is 0.134. The van der Waals surface area contributed by atoms with E-state index in [4.69, 9.17) is 4.74 Å². The molecule has 0 bridgehead atoms. The Morgan fingerprint density at radius 3 is 1.86 bits per heavy atom. The molecule has 0 amide bonds. The zero-order chi connectivity index (χ0) is 15.9. The number of rotatable bonds is 5. The molecular weight excluding hydrogens is 260 g/mol. The van der Waals surface area contributed by atoms with Gasteiger partial charge in [-0.2, -0.15) is 0 Å². The van der Waals surface area contributed by atoms with Gasteiger partial charge in [0, 0.05) is 5.41 Å². The van der Waals surface area contributed by atoms with E-state index in [9.17, 15) is 5.11 Å². The summed E-state index contributed by atoms with van der Waals surface area (Å²) in [5.41, 5.74) is 2.86. The predicted molar refractivity (Wildman–Crippen MR) is 90.2 cm³/mol. The number of hydrogen-bond acceptors (Lipinski definition) is 2. The fourth-order valence-electron chi connectivity index (χ4n) is 3.13. The molecule has 1 saturated carbocycles. The molecule has 118 valence electrons. The van der Waals surface area contributed by atoms with Gasteiger partial charge in [-0.05, 0) is 52.7 Å². The molecule has 1 rings (SSSR count). The summed E-state index contributed by atoms with van der Waals surface area (Å²) < 4.78 is 5.22. The standard InChI is InChI=1S/C19H30O2/c1-15(9-11-17(3)20)19(13-7-6-8-14-19)16(2)10-12-18(4)21-5/h9-12,20H,6-8,13-14H2,1-5H3/b15-9+,16-10+,17-11+,18-12+. The highest BCUT2D eigenvalue weighted by Crippen LogP contribution is 2.48. The van der Waals surface area contributed by atoms with Gasteiger partial charge in [0.25, 0.3) is 0 Å². The van der Waals surface area contributed by atoms with E-state index in [1.165, 1.54) is 43.3 Å². The highest BCUT2D eigenvalue weighted by Gasteiger charge is 2.34. The Hall–Kier alpha value is -1.44. The van der Waals surface area contributed by atoms with Crippen LogP contribution in [0.2, 0.25) is 0 Å². The van der Waals surface area contributed by atoms with E-state index >= 15 is 0 Å². The van der Waals surface area contributed by atoms with Gasteiger partial charge in [-0.1, -0.05) is 42.6 Å². The molecule has 1 fully saturated rings. The second-order valence-corrected chi connectivity index (χ2v) is 6.13. The van der Waals surface area contributed by atoms with Crippen LogP contribution in [0.25, 0.3) is 0 Å². The molecular formula is C19H30O2. The fraction of sp³-hybridized carbons (Fsp3) is 0.579. The van der Waals surface area contributed by atoms with Crippen LogP contribution < -0.4 is 0 Å². The van der Waals surface area contributed by atoms with E-state index in [2.05, 4.69) is 26.0 Å². The number of hydrogen-bond donors (Lipinski definition) is 1. The summed E-state index contributed by atoms with van der Waals surface area (Å²) in [7, 11) is 1.70. The minimum Gasteiger partial charge on any atom is -0.513 e. The van der Waals surface area contributed by atoms with Crippen LogP contribution in [0.1, 0.15) is 59.8 Å². The molecule has 0 aliphatic heterocycles. The summed E-state index contributed by atoms with van der Waals surface area (Å²) >= 11 is 0. The van der Waals surface area contributed by atoms with Crippen LogP contribution in [0.3, 0.4) is 0 Å². The van der Waals surface area contributed by atoms with Gasteiger partial charge in [-0.3, -0.25) is 0 Å². The molecule has 0 atom stereocenters. The maximum absolute atomic E-state index is 9.41. The van der Waals surface area contributed by atoms with E-state index < -0.39 is 0 Å². The Bertz CT molecular complexity index is 454. The lowest BCUT2D eigenvalue weighted by molar-refractivity contribution is 0.287. The third-order valence-corrected chi connectivity index (χ3v) is 4.68. The number of aliphatic hydroxyl groups excluding tert-OH is 1. The van der Waals surface area contributed by atoms with E-state index in [0.29, 0.717) is 5.76 Å². The maximum Gasteiger partial charge on any atom is 0.0924 e. The average molecular weight is 290 g/mol. The average Bonchev–Trinajstić information content (AvgIpc) is 2.50. The zero-order valence-electron chi connectivity index (χ0n) is 14.2. The molecule has 0 spiro atoms. The van der Waals surface area contributed by atoms with E-state index in [-0.39, 0.29) is 5.41 Å². The summed E-state index contributed by atoms with van der Waals surface area (Å²) in [4.78, 5) is 0. The number of methoxy groups -OCH3 is 1. The molecule has 1 aliphatic rings. The van der Waals surface area contributed by atoms with Crippen molar-refractivity contribution in [3.8, 4) is 0 Å². The minimum absolute atomic E-state index is 0.134. The summed E-state index contributed by atoms with van der Waals surface area (Å²) in [6.45, 7) is 8.09. The van der Waals surface area contributed by atoms with Crippen LogP contribution in [0.4, 0.5) is 0 Å². The van der Waals surface area contributed by atoms with Crippen LogP contribution in [0, 0.1) is 5.41 Å². The van der Waals surface area contributed by atoms with Crippen LogP contribution in [-0.2, 0) is 4.74 Å². The Kier molecular flexibility index (Phi) is 6.80. The van der Waals surface area contributed by atoms with Gasteiger partial charge in [-0.25, -0.2) is 0 Å². The molecule has 0 radical (unpaired) electrons. The lowest BCUT2D eigenvalue weighted by Crippen LogP contribution is -2.27. The monoisotopic (exact) mass is 290 g/mol. The van der Waals surface area contributed by atoms with Crippen molar-refractivity contribution >= 4 is 0 Å². The van der Waals surface area contributed by atoms with Crippen molar-refractivity contribution < 1.29 is 9.84 Å². The Labute approximate surface area is 129 Å². The van der Waals surface area contributed by atoms with Gasteiger partial charge in [0.05, 0.1) is 18.6 Å². The highest BCUT2D eigenvalue weighted by atomic mass is 16.5. The summed E-state index contributed by atoms with van der Waals surface area (Å²) in [6, 6.07) is 0. The summed E-state index contributed by atoms with van der Waals surface area (Å²) in [5, 5.41) is 9.41. The second-order valence-electron chi connectivity index (χ2n) is 6.13. The van der Waals surface area contributed by atoms with Gasteiger partial charge in [-0.15, -0.1) is 0 Å². The first-order valence-electron chi connectivity index (χ1n) is 7.86. The Balaban J connectivity index is 3.15. The number of aliphatic hydroxyl groups is 1. The smallest absolute Gasteiger partial charge is 0.0924 e. The first kappa shape index (κ1) is 17.6. The van der Waals surface area contributed by atoms with Crippen LogP contribution in [0.5, 0.6) is 0 Å². The Morgan fingerprint density at radius 2 is 1.38 bits per heavy atom. The predicted octanol–water partition coefficient (Wildman–Crippen LogP) is 5.84. The third-order valence-electron chi connectivity index (χ3n) is 4.68. The lowest BCUT2D eigenvalue weighted by atomic mass is 9.65. The van der Waals surface area contributed by atoms with Crippen LogP contribution in [0.15, 0.2) is 47.0 Å². The normalized spacial score (nSPS) is 21.4. The molecule has 0 saturated heterocycles. The van der Waals surface area contributed by atoms with Crippen molar-refractivity contribution in [3.05, 3.63) is 47.0 Å². The molecule has 0 aromatic heterocycles. The molecule has 2 nitrogen and oxygen atoms in total. The van der Waals surface area contributed by atoms with Crippen molar-refractivity contribution in [1.29, 1.82) is 0 Å².